The van der Waals surface area contributed by atoms with Crippen molar-refractivity contribution < 1.29 is 9.84 Å². The summed E-state index contributed by atoms with van der Waals surface area (Å²) in [5.74, 6) is 0.181. The number of aromatic nitrogens is 2. The fraction of sp³-hybridized carbons (Fsp3) is 0.100. The Morgan fingerprint density at radius 2 is 2.00 bits per heavy atom. The molecule has 5 heteroatoms. The summed E-state index contributed by atoms with van der Waals surface area (Å²) in [5, 5.41) is 20.2. The number of hydrogen-bond donors (Lipinski definition) is 3. The van der Waals surface area contributed by atoms with Gasteiger partial charge < -0.3 is 14.8 Å². The Morgan fingerprint density at radius 3 is 2.84 bits per heavy atom. The van der Waals surface area contributed by atoms with Gasteiger partial charge in [0.05, 0.1) is 23.4 Å². The summed E-state index contributed by atoms with van der Waals surface area (Å²) in [6.45, 7) is 2.29. The maximum Gasteiger partial charge on any atom is 0.213 e. The van der Waals surface area contributed by atoms with E-state index >= 15 is 0 Å². The summed E-state index contributed by atoms with van der Waals surface area (Å²) in [7, 11) is 0. The average molecular weight is 331 g/mol. The first-order chi connectivity index (χ1) is 12.2. The molecule has 0 amide bonds. The molecular weight excluding hydrogens is 314 g/mol. The molecule has 2 aromatic heterocycles. The number of para-hydroxylation sites is 1. The van der Waals surface area contributed by atoms with Crippen LogP contribution in [-0.4, -0.2) is 27.6 Å². The topological polar surface area (TPSA) is 82.0 Å². The zero-order valence-corrected chi connectivity index (χ0v) is 13.7. The largest absolute Gasteiger partial charge is 0.494 e. The molecular formula is C20H17N3O2. The molecule has 0 bridgehead atoms. The van der Waals surface area contributed by atoms with Gasteiger partial charge in [0.1, 0.15) is 0 Å². The van der Waals surface area contributed by atoms with Crippen molar-refractivity contribution in [3.05, 3.63) is 60.2 Å². The Morgan fingerprint density at radius 1 is 1.16 bits per heavy atom. The van der Waals surface area contributed by atoms with Gasteiger partial charge in [0, 0.05) is 21.9 Å². The third kappa shape index (κ3) is 2.59. The van der Waals surface area contributed by atoms with E-state index in [1.54, 1.807) is 6.07 Å². The minimum absolute atomic E-state index is 0.0675. The van der Waals surface area contributed by atoms with Gasteiger partial charge in [-0.25, -0.2) is 4.98 Å². The van der Waals surface area contributed by atoms with E-state index in [0.717, 1.165) is 21.8 Å². The first-order valence-corrected chi connectivity index (χ1v) is 8.10. The van der Waals surface area contributed by atoms with E-state index < -0.39 is 0 Å². The Bertz CT molecular complexity index is 1100. The van der Waals surface area contributed by atoms with Crippen molar-refractivity contribution >= 4 is 27.7 Å². The number of hydrogen-bond acceptors (Lipinski definition) is 4. The minimum Gasteiger partial charge on any atom is -0.494 e. The van der Waals surface area contributed by atoms with Crippen LogP contribution in [0.15, 0.2) is 54.6 Å². The van der Waals surface area contributed by atoms with Gasteiger partial charge in [-0.15, -0.1) is 0 Å². The molecule has 0 aliphatic heterocycles. The summed E-state index contributed by atoms with van der Waals surface area (Å²) in [6, 6.07) is 17.2. The SMILES string of the molecule is CCOC(=N)c1ccc2[nH]c(O)c(-c3ccc4ccccc4n3)c2c1. The maximum atomic E-state index is 10.4. The molecule has 0 saturated carbocycles. The van der Waals surface area contributed by atoms with Gasteiger partial charge in [-0.05, 0) is 37.3 Å². The number of nitrogens with zero attached hydrogens (tertiary/aromatic N) is 1. The van der Waals surface area contributed by atoms with Crippen molar-refractivity contribution in [2.75, 3.05) is 6.61 Å². The molecule has 0 aliphatic carbocycles. The van der Waals surface area contributed by atoms with E-state index in [0.29, 0.717) is 23.4 Å². The molecule has 124 valence electrons. The van der Waals surface area contributed by atoms with Gasteiger partial charge >= 0.3 is 0 Å². The predicted molar refractivity (Wildman–Crippen MR) is 99.2 cm³/mol. The van der Waals surface area contributed by atoms with Crippen molar-refractivity contribution in [2.24, 2.45) is 0 Å². The van der Waals surface area contributed by atoms with E-state index in [1.165, 1.54) is 0 Å². The van der Waals surface area contributed by atoms with Gasteiger partial charge in [-0.2, -0.15) is 0 Å². The fourth-order valence-corrected chi connectivity index (χ4v) is 3.01. The van der Waals surface area contributed by atoms with Crippen LogP contribution in [0.4, 0.5) is 0 Å². The lowest BCUT2D eigenvalue weighted by atomic mass is 10.1. The standard InChI is InChI=1S/C20H17N3O2/c1-2-25-19(21)13-8-9-16-14(11-13)18(20(24)23-16)17-10-7-12-5-3-4-6-15(12)22-17/h3-11,21,23-24H,2H2,1H3. The van der Waals surface area contributed by atoms with Crippen molar-refractivity contribution in [1.82, 2.24) is 9.97 Å². The molecule has 0 fully saturated rings. The van der Waals surface area contributed by atoms with Crippen LogP contribution in [0.3, 0.4) is 0 Å². The van der Waals surface area contributed by atoms with Crippen LogP contribution in [0.1, 0.15) is 12.5 Å². The first kappa shape index (κ1) is 15.2. The molecule has 3 N–H and O–H groups in total. The van der Waals surface area contributed by atoms with Crippen molar-refractivity contribution in [1.29, 1.82) is 5.41 Å². The zero-order chi connectivity index (χ0) is 17.4. The number of pyridine rings is 1. The summed E-state index contributed by atoms with van der Waals surface area (Å²) in [4.78, 5) is 7.65. The van der Waals surface area contributed by atoms with Gasteiger partial charge in [0.25, 0.3) is 0 Å². The lowest BCUT2D eigenvalue weighted by Crippen LogP contribution is -2.04. The quantitative estimate of drug-likeness (QED) is 0.383. The average Bonchev–Trinajstić information content (AvgIpc) is 2.96. The highest BCUT2D eigenvalue weighted by molar-refractivity contribution is 6.03. The molecule has 25 heavy (non-hydrogen) atoms. The molecule has 0 spiro atoms. The van der Waals surface area contributed by atoms with E-state index in [2.05, 4.69) is 9.97 Å². The molecule has 0 unspecified atom stereocenters. The van der Waals surface area contributed by atoms with Crippen molar-refractivity contribution in [3.8, 4) is 17.1 Å². The molecule has 0 radical (unpaired) electrons. The number of rotatable bonds is 3. The van der Waals surface area contributed by atoms with Gasteiger partial charge in [0.15, 0.2) is 5.88 Å². The van der Waals surface area contributed by atoms with Crippen LogP contribution >= 0.6 is 0 Å². The lowest BCUT2D eigenvalue weighted by Gasteiger charge is -2.06. The Hall–Kier alpha value is -3.34. The lowest BCUT2D eigenvalue weighted by molar-refractivity contribution is 0.325. The van der Waals surface area contributed by atoms with Crippen LogP contribution in [0.5, 0.6) is 5.88 Å². The molecule has 5 nitrogen and oxygen atoms in total. The van der Waals surface area contributed by atoms with Crippen LogP contribution in [0, 0.1) is 5.41 Å². The van der Waals surface area contributed by atoms with E-state index in [9.17, 15) is 5.11 Å². The van der Waals surface area contributed by atoms with Crippen molar-refractivity contribution in [3.63, 3.8) is 0 Å². The van der Waals surface area contributed by atoms with Crippen LogP contribution in [0.25, 0.3) is 33.1 Å². The maximum absolute atomic E-state index is 10.4. The number of H-pyrrole nitrogens is 1. The predicted octanol–water partition coefficient (Wildman–Crippen LogP) is 4.45. The second kappa shape index (κ2) is 5.94. The third-order valence-electron chi connectivity index (χ3n) is 4.18. The molecule has 0 aliphatic rings. The second-order valence-corrected chi connectivity index (χ2v) is 5.76. The monoisotopic (exact) mass is 331 g/mol. The minimum atomic E-state index is 0.0675. The fourth-order valence-electron chi connectivity index (χ4n) is 3.01. The number of aromatic hydroxyl groups is 1. The molecule has 2 heterocycles. The first-order valence-electron chi connectivity index (χ1n) is 8.10. The number of ether oxygens (including phenoxy) is 1. The number of nitrogens with one attached hydrogen (secondary N) is 2. The molecule has 0 atom stereocenters. The summed E-state index contributed by atoms with van der Waals surface area (Å²) in [6.07, 6.45) is 0. The van der Waals surface area contributed by atoms with E-state index in [4.69, 9.17) is 10.1 Å². The highest BCUT2D eigenvalue weighted by Gasteiger charge is 2.16. The molecule has 4 aromatic rings. The molecule has 4 rings (SSSR count). The Labute approximate surface area is 144 Å². The molecule has 2 aromatic carbocycles. The Balaban J connectivity index is 1.91. The zero-order valence-electron chi connectivity index (χ0n) is 13.7. The van der Waals surface area contributed by atoms with Crippen LogP contribution in [0.2, 0.25) is 0 Å². The Kier molecular flexibility index (Phi) is 3.61. The summed E-state index contributed by atoms with van der Waals surface area (Å²) >= 11 is 0. The number of fused-ring (bicyclic) bond motifs is 2. The number of aromatic amines is 1. The highest BCUT2D eigenvalue weighted by atomic mass is 16.5. The van der Waals surface area contributed by atoms with Gasteiger partial charge in [0.2, 0.25) is 5.90 Å². The summed E-state index contributed by atoms with van der Waals surface area (Å²) in [5.41, 5.74) is 3.63. The van der Waals surface area contributed by atoms with E-state index in [-0.39, 0.29) is 11.8 Å². The molecule has 0 saturated heterocycles. The van der Waals surface area contributed by atoms with Crippen LogP contribution in [-0.2, 0) is 4.74 Å². The van der Waals surface area contributed by atoms with Crippen molar-refractivity contribution in [2.45, 2.75) is 6.92 Å². The second-order valence-electron chi connectivity index (χ2n) is 5.76. The van der Waals surface area contributed by atoms with E-state index in [1.807, 2.05) is 55.5 Å². The number of benzene rings is 2. The third-order valence-corrected chi connectivity index (χ3v) is 4.18. The summed E-state index contributed by atoms with van der Waals surface area (Å²) < 4.78 is 5.28. The van der Waals surface area contributed by atoms with Gasteiger partial charge in [-0.1, -0.05) is 24.3 Å². The van der Waals surface area contributed by atoms with Gasteiger partial charge in [-0.3, -0.25) is 5.41 Å². The van der Waals surface area contributed by atoms with Crippen LogP contribution < -0.4 is 0 Å². The smallest absolute Gasteiger partial charge is 0.213 e. The normalized spacial score (nSPS) is 11.1. The highest BCUT2D eigenvalue weighted by Crippen LogP contribution is 2.36.